The fourth-order valence-corrected chi connectivity index (χ4v) is 2.50. The van der Waals surface area contributed by atoms with Gasteiger partial charge < -0.3 is 20.0 Å². The van der Waals surface area contributed by atoms with Crippen LogP contribution in [0.5, 0.6) is 0 Å². The van der Waals surface area contributed by atoms with Gasteiger partial charge in [0.25, 0.3) is 0 Å². The predicted molar refractivity (Wildman–Crippen MR) is 77.1 cm³/mol. The Morgan fingerprint density at radius 3 is 2.57 bits per heavy atom. The summed E-state index contributed by atoms with van der Waals surface area (Å²) in [5.41, 5.74) is 0.265. The Balaban J connectivity index is 3.01. The lowest BCUT2D eigenvalue weighted by Crippen LogP contribution is -2.20. The molecule has 0 aliphatic rings. The van der Waals surface area contributed by atoms with Crippen LogP contribution < -0.4 is 10.4 Å². The molecule has 6 nitrogen and oxygen atoms in total. The summed E-state index contributed by atoms with van der Waals surface area (Å²) in [6.07, 6.45) is 1.45. The third kappa shape index (κ3) is 5.03. The van der Waals surface area contributed by atoms with E-state index in [1.54, 1.807) is 13.0 Å². The molecule has 0 aliphatic carbocycles. The number of carboxylic acids is 1. The second-order valence-electron chi connectivity index (χ2n) is 4.41. The largest absolute Gasteiger partial charge is 0.545 e. The van der Waals surface area contributed by atoms with Crippen LogP contribution >= 0.6 is 11.3 Å². The molecule has 0 bridgehead atoms. The van der Waals surface area contributed by atoms with Crippen molar-refractivity contribution in [3.05, 3.63) is 28.7 Å². The Kier molecular flexibility index (Phi) is 6.10. The normalized spacial score (nSPS) is 10.9. The molecule has 1 aromatic heterocycles. The summed E-state index contributed by atoms with van der Waals surface area (Å²) < 4.78 is 4.94. The molecule has 0 fully saturated rings. The van der Waals surface area contributed by atoms with Crippen molar-refractivity contribution >= 4 is 34.2 Å². The lowest BCUT2D eigenvalue weighted by molar-refractivity contribution is -0.297. The molecule has 7 heteroatoms. The summed E-state index contributed by atoms with van der Waals surface area (Å²) in [4.78, 5) is 34.6. The fourth-order valence-electron chi connectivity index (χ4n) is 1.45. The summed E-state index contributed by atoms with van der Waals surface area (Å²) >= 11 is 1.25. The molecular formula is C14H16NO5S-. The third-order valence-corrected chi connectivity index (χ3v) is 3.77. The van der Waals surface area contributed by atoms with Crippen LogP contribution in [-0.2, 0) is 14.3 Å². The second-order valence-corrected chi connectivity index (χ2v) is 5.49. The topological polar surface area (TPSA) is 95.5 Å². The van der Waals surface area contributed by atoms with E-state index in [-0.39, 0.29) is 18.1 Å². The fraction of sp³-hybridized carbons (Fsp3) is 0.357. The van der Waals surface area contributed by atoms with Gasteiger partial charge in [0.1, 0.15) is 5.00 Å². The second kappa shape index (κ2) is 7.58. The van der Waals surface area contributed by atoms with Gasteiger partial charge in [-0.15, -0.1) is 11.3 Å². The van der Waals surface area contributed by atoms with Crippen LogP contribution in [0.15, 0.2) is 18.2 Å². The van der Waals surface area contributed by atoms with Crippen LogP contribution in [0.1, 0.15) is 41.9 Å². The highest BCUT2D eigenvalue weighted by atomic mass is 32.1. The Bertz CT molecular complexity index is 574. The third-order valence-electron chi connectivity index (χ3n) is 2.42. The average molecular weight is 310 g/mol. The van der Waals surface area contributed by atoms with Gasteiger partial charge >= 0.3 is 5.97 Å². The SMILES string of the molecule is CCOC(=O)c1cc(C(C)C)sc1NC(=O)C=CC(=O)[O-]. The number of aliphatic carboxylic acids is 1. The van der Waals surface area contributed by atoms with E-state index in [2.05, 4.69) is 5.32 Å². The van der Waals surface area contributed by atoms with E-state index >= 15 is 0 Å². The van der Waals surface area contributed by atoms with E-state index in [9.17, 15) is 19.5 Å². The Labute approximate surface area is 126 Å². The highest BCUT2D eigenvalue weighted by Crippen LogP contribution is 2.33. The van der Waals surface area contributed by atoms with Gasteiger partial charge in [0.05, 0.1) is 18.1 Å². The number of rotatable bonds is 6. The summed E-state index contributed by atoms with van der Waals surface area (Å²) in [6.45, 7) is 5.84. The van der Waals surface area contributed by atoms with E-state index in [0.29, 0.717) is 11.1 Å². The van der Waals surface area contributed by atoms with E-state index in [0.717, 1.165) is 11.0 Å². The van der Waals surface area contributed by atoms with Crippen molar-refractivity contribution in [1.82, 2.24) is 0 Å². The van der Waals surface area contributed by atoms with Crippen LogP contribution in [0, 0.1) is 0 Å². The summed E-state index contributed by atoms with van der Waals surface area (Å²) in [7, 11) is 0. The van der Waals surface area contributed by atoms with Gasteiger partial charge in [-0.2, -0.15) is 0 Å². The zero-order chi connectivity index (χ0) is 16.0. The number of hydrogen-bond donors (Lipinski definition) is 1. The van der Waals surface area contributed by atoms with Crippen molar-refractivity contribution < 1.29 is 24.2 Å². The van der Waals surface area contributed by atoms with Gasteiger partial charge in [-0.3, -0.25) is 4.79 Å². The zero-order valence-electron chi connectivity index (χ0n) is 12.0. The minimum absolute atomic E-state index is 0.188. The number of hydrogen-bond acceptors (Lipinski definition) is 6. The molecule has 0 saturated heterocycles. The molecule has 1 N–H and O–H groups in total. The molecule has 0 unspecified atom stereocenters. The minimum atomic E-state index is -1.47. The maximum atomic E-state index is 11.9. The molecule has 1 heterocycles. The van der Waals surface area contributed by atoms with Gasteiger partial charge in [0.2, 0.25) is 5.91 Å². The molecule has 0 aromatic carbocycles. The molecule has 0 saturated carbocycles. The first-order valence-corrected chi connectivity index (χ1v) is 7.17. The van der Waals surface area contributed by atoms with Gasteiger partial charge in [-0.25, -0.2) is 4.79 Å². The van der Waals surface area contributed by atoms with Crippen LogP contribution in [0.2, 0.25) is 0 Å². The molecule has 0 atom stereocenters. The first-order chi connectivity index (χ1) is 9.85. The number of nitrogens with one attached hydrogen (secondary N) is 1. The lowest BCUT2D eigenvalue weighted by Gasteiger charge is -2.03. The number of thiophene rings is 1. The van der Waals surface area contributed by atoms with Crippen molar-refractivity contribution in [3.63, 3.8) is 0 Å². The molecular weight excluding hydrogens is 294 g/mol. The number of ether oxygens (including phenoxy) is 1. The maximum Gasteiger partial charge on any atom is 0.341 e. The Morgan fingerprint density at radius 2 is 2.05 bits per heavy atom. The van der Waals surface area contributed by atoms with Crippen LogP contribution in [-0.4, -0.2) is 24.5 Å². The quantitative estimate of drug-likeness (QED) is 0.631. The summed E-state index contributed by atoms with van der Waals surface area (Å²) in [5.74, 6) is -2.46. The first kappa shape index (κ1) is 16.9. The Morgan fingerprint density at radius 1 is 1.38 bits per heavy atom. The number of carbonyl (C=O) groups excluding carboxylic acids is 3. The molecule has 1 rings (SSSR count). The summed E-state index contributed by atoms with van der Waals surface area (Å²) in [5, 5.41) is 13.1. The van der Waals surface area contributed by atoms with Gasteiger partial charge in [-0.05, 0) is 25.0 Å². The first-order valence-electron chi connectivity index (χ1n) is 6.36. The molecule has 0 spiro atoms. The van der Waals surface area contributed by atoms with Crippen LogP contribution in [0.4, 0.5) is 5.00 Å². The van der Waals surface area contributed by atoms with E-state index < -0.39 is 17.8 Å². The molecule has 1 amide bonds. The molecule has 0 aliphatic heterocycles. The maximum absolute atomic E-state index is 11.9. The van der Waals surface area contributed by atoms with Crippen molar-refractivity contribution in [2.75, 3.05) is 11.9 Å². The standard InChI is InChI=1S/C14H17NO5S/c1-4-20-14(19)9-7-10(8(2)3)21-13(9)15-11(16)5-6-12(17)18/h5-8H,4H2,1-3H3,(H,15,16)(H,17,18)/p-1. The van der Waals surface area contributed by atoms with Gasteiger partial charge in [0, 0.05) is 11.0 Å². The number of anilines is 1. The highest BCUT2D eigenvalue weighted by Gasteiger charge is 2.19. The number of esters is 1. The van der Waals surface area contributed by atoms with E-state index in [4.69, 9.17) is 4.74 Å². The molecule has 1 aromatic rings. The smallest absolute Gasteiger partial charge is 0.341 e. The minimum Gasteiger partial charge on any atom is -0.545 e. The predicted octanol–water partition coefficient (Wildman–Crippen LogP) is 1.29. The van der Waals surface area contributed by atoms with E-state index in [1.807, 2.05) is 13.8 Å². The van der Waals surface area contributed by atoms with Crippen molar-refractivity contribution in [2.45, 2.75) is 26.7 Å². The summed E-state index contributed by atoms with van der Waals surface area (Å²) in [6, 6.07) is 1.67. The average Bonchev–Trinajstić information content (AvgIpc) is 2.81. The van der Waals surface area contributed by atoms with Crippen molar-refractivity contribution in [3.8, 4) is 0 Å². The zero-order valence-corrected chi connectivity index (χ0v) is 12.8. The Hall–Kier alpha value is -2.15. The van der Waals surface area contributed by atoms with E-state index in [1.165, 1.54) is 11.3 Å². The highest BCUT2D eigenvalue weighted by molar-refractivity contribution is 7.16. The van der Waals surface area contributed by atoms with Crippen molar-refractivity contribution in [1.29, 1.82) is 0 Å². The monoisotopic (exact) mass is 310 g/mol. The van der Waals surface area contributed by atoms with Gasteiger partial charge in [-0.1, -0.05) is 13.8 Å². The number of carboxylic acid groups (broad SMARTS) is 1. The molecule has 21 heavy (non-hydrogen) atoms. The van der Waals surface area contributed by atoms with Gasteiger partial charge in [0.15, 0.2) is 0 Å². The lowest BCUT2D eigenvalue weighted by atomic mass is 10.1. The van der Waals surface area contributed by atoms with Crippen molar-refractivity contribution in [2.24, 2.45) is 0 Å². The number of amides is 1. The van der Waals surface area contributed by atoms with Crippen LogP contribution in [0.25, 0.3) is 0 Å². The van der Waals surface area contributed by atoms with Crippen LogP contribution in [0.3, 0.4) is 0 Å². The molecule has 0 radical (unpaired) electrons. The number of carbonyl (C=O) groups is 3. The molecule has 114 valence electrons.